The van der Waals surface area contributed by atoms with Gasteiger partial charge in [0.1, 0.15) is 5.75 Å². The fraction of sp³-hybridized carbons (Fsp3) is 0.133. The molecule has 0 aliphatic rings. The van der Waals surface area contributed by atoms with Gasteiger partial charge in [-0.2, -0.15) is 5.10 Å². The fourth-order valence-electron chi connectivity index (χ4n) is 2.13. The van der Waals surface area contributed by atoms with Crippen molar-refractivity contribution in [1.29, 1.82) is 0 Å². The number of pyridine rings is 1. The van der Waals surface area contributed by atoms with Gasteiger partial charge in [0.2, 0.25) is 0 Å². The lowest BCUT2D eigenvalue weighted by molar-refractivity contribution is 0.414. The summed E-state index contributed by atoms with van der Waals surface area (Å²) in [5.74, 6) is 1.60. The molecule has 0 unspecified atom stereocenters. The number of benzene rings is 1. The summed E-state index contributed by atoms with van der Waals surface area (Å²) in [6.07, 6.45) is 3.50. The summed E-state index contributed by atoms with van der Waals surface area (Å²) in [6.45, 7) is 0.622. The van der Waals surface area contributed by atoms with E-state index in [0.717, 1.165) is 22.7 Å². The second-order valence-electron chi connectivity index (χ2n) is 4.53. The van der Waals surface area contributed by atoms with Crippen LogP contribution in [0.3, 0.4) is 0 Å². The van der Waals surface area contributed by atoms with Crippen LogP contribution in [0.5, 0.6) is 5.75 Å². The van der Waals surface area contributed by atoms with Crippen molar-refractivity contribution in [3.8, 4) is 17.1 Å². The van der Waals surface area contributed by atoms with E-state index in [1.165, 1.54) is 0 Å². The SMILES string of the molecule is COc1cccc(Cn2c(-c3cccnc3)n[nH]c2=S)c1. The Morgan fingerprint density at radius 1 is 1.29 bits per heavy atom. The Bertz CT molecular complexity index is 795. The van der Waals surface area contributed by atoms with Gasteiger partial charge in [-0.1, -0.05) is 12.1 Å². The van der Waals surface area contributed by atoms with Gasteiger partial charge in [-0.3, -0.25) is 14.6 Å². The minimum atomic E-state index is 0.580. The summed E-state index contributed by atoms with van der Waals surface area (Å²) < 4.78 is 7.78. The lowest BCUT2D eigenvalue weighted by Crippen LogP contribution is -2.03. The number of nitrogens with one attached hydrogen (secondary N) is 1. The second kappa shape index (κ2) is 5.88. The van der Waals surface area contributed by atoms with E-state index < -0.39 is 0 Å². The van der Waals surface area contributed by atoms with Crippen molar-refractivity contribution in [1.82, 2.24) is 19.7 Å². The normalized spacial score (nSPS) is 10.5. The molecule has 2 heterocycles. The molecule has 6 heteroatoms. The molecule has 0 radical (unpaired) electrons. The molecule has 5 nitrogen and oxygen atoms in total. The number of hydrogen-bond donors (Lipinski definition) is 1. The van der Waals surface area contributed by atoms with Crippen molar-refractivity contribution in [2.45, 2.75) is 6.54 Å². The number of H-pyrrole nitrogens is 1. The van der Waals surface area contributed by atoms with Gasteiger partial charge in [0.15, 0.2) is 10.6 Å². The number of nitrogens with zero attached hydrogens (tertiary/aromatic N) is 3. The Kier molecular flexibility index (Phi) is 3.79. The Morgan fingerprint density at radius 3 is 2.95 bits per heavy atom. The molecule has 0 saturated carbocycles. The smallest absolute Gasteiger partial charge is 0.195 e. The molecule has 0 atom stereocenters. The molecular weight excluding hydrogens is 284 g/mol. The Hall–Kier alpha value is -2.47. The first-order chi connectivity index (χ1) is 10.3. The molecule has 1 aromatic carbocycles. The van der Waals surface area contributed by atoms with Gasteiger partial charge in [0.05, 0.1) is 13.7 Å². The first-order valence-corrected chi connectivity index (χ1v) is 6.87. The maximum absolute atomic E-state index is 5.33. The number of ether oxygens (including phenoxy) is 1. The second-order valence-corrected chi connectivity index (χ2v) is 4.92. The Morgan fingerprint density at radius 2 is 2.19 bits per heavy atom. The van der Waals surface area contributed by atoms with Crippen molar-refractivity contribution in [2.75, 3.05) is 7.11 Å². The maximum atomic E-state index is 5.33. The highest BCUT2D eigenvalue weighted by molar-refractivity contribution is 7.71. The molecule has 0 spiro atoms. The molecule has 3 aromatic rings. The van der Waals surface area contributed by atoms with E-state index in [1.807, 2.05) is 41.0 Å². The highest BCUT2D eigenvalue weighted by Crippen LogP contribution is 2.19. The molecule has 21 heavy (non-hydrogen) atoms. The average Bonchev–Trinajstić information content (AvgIpc) is 2.89. The predicted molar refractivity (Wildman–Crippen MR) is 82.7 cm³/mol. The number of hydrogen-bond acceptors (Lipinski definition) is 4. The summed E-state index contributed by atoms with van der Waals surface area (Å²) in [5.41, 5.74) is 2.02. The van der Waals surface area contributed by atoms with E-state index >= 15 is 0 Å². The van der Waals surface area contributed by atoms with Gasteiger partial charge in [-0.25, -0.2) is 0 Å². The van der Waals surface area contributed by atoms with Crippen LogP contribution in [0.15, 0.2) is 48.8 Å². The molecule has 0 fully saturated rings. The quantitative estimate of drug-likeness (QED) is 0.752. The summed E-state index contributed by atoms with van der Waals surface area (Å²) in [6, 6.07) is 11.7. The van der Waals surface area contributed by atoms with Crippen LogP contribution < -0.4 is 4.74 Å². The largest absolute Gasteiger partial charge is 0.497 e. The minimum absolute atomic E-state index is 0.580. The van der Waals surface area contributed by atoms with Gasteiger partial charge in [-0.15, -0.1) is 0 Å². The lowest BCUT2D eigenvalue weighted by atomic mass is 10.2. The summed E-state index contributed by atoms with van der Waals surface area (Å²) in [4.78, 5) is 4.12. The van der Waals surface area contributed by atoms with Crippen LogP contribution >= 0.6 is 12.2 Å². The molecule has 0 amide bonds. The van der Waals surface area contributed by atoms with Crippen molar-refractivity contribution in [3.63, 3.8) is 0 Å². The van der Waals surface area contributed by atoms with Gasteiger partial charge in [0.25, 0.3) is 0 Å². The van der Waals surface area contributed by atoms with E-state index in [1.54, 1.807) is 19.5 Å². The predicted octanol–water partition coefficient (Wildman–Crippen LogP) is 3.06. The van der Waals surface area contributed by atoms with E-state index in [4.69, 9.17) is 17.0 Å². The third kappa shape index (κ3) is 2.85. The molecule has 2 aromatic heterocycles. The fourth-order valence-corrected chi connectivity index (χ4v) is 2.33. The van der Waals surface area contributed by atoms with Crippen molar-refractivity contribution < 1.29 is 4.74 Å². The van der Waals surface area contributed by atoms with E-state index in [9.17, 15) is 0 Å². The number of rotatable bonds is 4. The number of methoxy groups -OCH3 is 1. The zero-order valence-corrected chi connectivity index (χ0v) is 12.3. The zero-order chi connectivity index (χ0) is 14.7. The first-order valence-electron chi connectivity index (χ1n) is 6.46. The highest BCUT2D eigenvalue weighted by Gasteiger charge is 2.09. The zero-order valence-electron chi connectivity index (χ0n) is 11.5. The highest BCUT2D eigenvalue weighted by atomic mass is 32.1. The Labute approximate surface area is 127 Å². The van der Waals surface area contributed by atoms with Crippen molar-refractivity contribution >= 4 is 12.2 Å². The molecule has 1 N–H and O–H groups in total. The van der Waals surface area contributed by atoms with Crippen LogP contribution in [0.1, 0.15) is 5.56 Å². The van der Waals surface area contributed by atoms with Crippen LogP contribution in [0.2, 0.25) is 0 Å². The van der Waals surface area contributed by atoms with Gasteiger partial charge >= 0.3 is 0 Å². The monoisotopic (exact) mass is 298 g/mol. The molecule has 106 valence electrons. The molecule has 0 bridgehead atoms. The molecule has 0 aliphatic carbocycles. The van der Waals surface area contributed by atoms with Gasteiger partial charge < -0.3 is 4.74 Å². The maximum Gasteiger partial charge on any atom is 0.195 e. The lowest BCUT2D eigenvalue weighted by Gasteiger charge is -2.08. The van der Waals surface area contributed by atoms with Crippen LogP contribution in [0, 0.1) is 4.77 Å². The minimum Gasteiger partial charge on any atom is -0.497 e. The third-order valence-electron chi connectivity index (χ3n) is 3.15. The van der Waals surface area contributed by atoms with E-state index in [0.29, 0.717) is 11.3 Å². The van der Waals surface area contributed by atoms with Crippen LogP contribution in [0.4, 0.5) is 0 Å². The standard InChI is InChI=1S/C15H14N4OS/c1-20-13-6-2-4-11(8-13)10-19-14(17-18-15(19)21)12-5-3-7-16-9-12/h2-9H,10H2,1H3,(H,18,21). The van der Waals surface area contributed by atoms with Crippen molar-refractivity contribution in [2.24, 2.45) is 0 Å². The third-order valence-corrected chi connectivity index (χ3v) is 3.46. The van der Waals surface area contributed by atoms with Crippen molar-refractivity contribution in [3.05, 3.63) is 59.1 Å². The first kappa shape index (κ1) is 13.5. The number of aromatic amines is 1. The summed E-state index contributed by atoms with van der Waals surface area (Å²) in [5, 5.41) is 7.14. The van der Waals surface area contributed by atoms with E-state index in [-0.39, 0.29) is 0 Å². The molecule has 0 aliphatic heterocycles. The molecular formula is C15H14N4OS. The summed E-state index contributed by atoms with van der Waals surface area (Å²) >= 11 is 5.33. The van der Waals surface area contributed by atoms with Gasteiger partial charge in [-0.05, 0) is 42.0 Å². The average molecular weight is 298 g/mol. The van der Waals surface area contributed by atoms with Crippen LogP contribution in [-0.4, -0.2) is 26.9 Å². The number of aromatic nitrogens is 4. The molecule has 0 saturated heterocycles. The van der Waals surface area contributed by atoms with Gasteiger partial charge in [0, 0.05) is 18.0 Å². The summed E-state index contributed by atoms with van der Waals surface area (Å²) in [7, 11) is 1.66. The topological polar surface area (TPSA) is 55.7 Å². The van der Waals surface area contributed by atoms with Crippen LogP contribution in [0.25, 0.3) is 11.4 Å². The van der Waals surface area contributed by atoms with Crippen LogP contribution in [-0.2, 0) is 6.54 Å². The van der Waals surface area contributed by atoms with E-state index in [2.05, 4.69) is 15.2 Å². The Balaban J connectivity index is 1.99. The molecule has 3 rings (SSSR count).